The zero-order valence-corrected chi connectivity index (χ0v) is 16.5. The molecule has 0 amide bonds. The van der Waals surface area contributed by atoms with Gasteiger partial charge in [0.15, 0.2) is 5.13 Å². The van der Waals surface area contributed by atoms with Crippen LogP contribution in [0.1, 0.15) is 25.7 Å². The SMILES string of the molecule is COC(=O)CCCCCNc1nc(-c2ccc(NS(C)(=O)=O)cc2)cs1. The minimum absolute atomic E-state index is 0.166. The van der Waals surface area contributed by atoms with Crippen LogP contribution < -0.4 is 10.0 Å². The fraction of sp³-hybridized carbons (Fsp3) is 0.412. The summed E-state index contributed by atoms with van der Waals surface area (Å²) in [6.45, 7) is 0.797. The number of unbranched alkanes of at least 4 members (excludes halogenated alkanes) is 2. The van der Waals surface area contributed by atoms with Crippen LogP contribution in [0.15, 0.2) is 29.6 Å². The van der Waals surface area contributed by atoms with Gasteiger partial charge >= 0.3 is 5.97 Å². The summed E-state index contributed by atoms with van der Waals surface area (Å²) in [4.78, 5) is 15.6. The van der Waals surface area contributed by atoms with Gasteiger partial charge in [0.05, 0.1) is 19.1 Å². The fourth-order valence-corrected chi connectivity index (χ4v) is 3.59. The third kappa shape index (κ3) is 7.01. The lowest BCUT2D eigenvalue weighted by Crippen LogP contribution is -2.09. The molecule has 1 aromatic heterocycles. The lowest BCUT2D eigenvalue weighted by atomic mass is 10.1. The molecule has 1 heterocycles. The topological polar surface area (TPSA) is 97.4 Å². The molecule has 0 atom stereocenters. The number of thiazole rings is 1. The number of carbonyl (C=O) groups excluding carboxylic acids is 1. The van der Waals surface area contributed by atoms with Crippen molar-refractivity contribution in [3.05, 3.63) is 29.6 Å². The molecule has 2 rings (SSSR count). The number of ether oxygens (including phenoxy) is 1. The number of anilines is 2. The van der Waals surface area contributed by atoms with Gasteiger partial charge in [-0.15, -0.1) is 11.3 Å². The molecule has 0 saturated carbocycles. The quantitative estimate of drug-likeness (QED) is 0.471. The molecule has 1 aromatic carbocycles. The van der Waals surface area contributed by atoms with E-state index >= 15 is 0 Å². The van der Waals surface area contributed by atoms with Crippen LogP contribution in [0.5, 0.6) is 0 Å². The zero-order chi connectivity index (χ0) is 19.0. The maximum Gasteiger partial charge on any atom is 0.305 e. The van der Waals surface area contributed by atoms with Crippen LogP contribution in [0.2, 0.25) is 0 Å². The molecule has 0 unspecified atom stereocenters. The predicted molar refractivity (Wildman–Crippen MR) is 105 cm³/mol. The molecule has 26 heavy (non-hydrogen) atoms. The monoisotopic (exact) mass is 397 g/mol. The van der Waals surface area contributed by atoms with Crippen LogP contribution in [0.4, 0.5) is 10.8 Å². The molecule has 0 aliphatic rings. The zero-order valence-electron chi connectivity index (χ0n) is 14.8. The van der Waals surface area contributed by atoms with Gasteiger partial charge in [0.1, 0.15) is 0 Å². The van der Waals surface area contributed by atoms with Gasteiger partial charge in [-0.2, -0.15) is 0 Å². The van der Waals surface area contributed by atoms with Crippen molar-refractivity contribution in [2.75, 3.05) is 29.9 Å². The molecule has 0 fully saturated rings. The van der Waals surface area contributed by atoms with Crippen molar-refractivity contribution < 1.29 is 17.9 Å². The highest BCUT2D eigenvalue weighted by atomic mass is 32.2. The number of methoxy groups -OCH3 is 1. The summed E-state index contributed by atoms with van der Waals surface area (Å²) < 4.78 is 29.5. The van der Waals surface area contributed by atoms with E-state index in [1.807, 2.05) is 17.5 Å². The normalized spacial score (nSPS) is 11.2. The summed E-state index contributed by atoms with van der Waals surface area (Å²) >= 11 is 1.52. The largest absolute Gasteiger partial charge is 0.469 e. The summed E-state index contributed by atoms with van der Waals surface area (Å²) in [5.74, 6) is -0.166. The highest BCUT2D eigenvalue weighted by molar-refractivity contribution is 7.92. The van der Waals surface area contributed by atoms with Crippen molar-refractivity contribution in [3.63, 3.8) is 0 Å². The molecule has 0 radical (unpaired) electrons. The second-order valence-electron chi connectivity index (χ2n) is 5.80. The summed E-state index contributed by atoms with van der Waals surface area (Å²) in [6, 6.07) is 7.09. The average molecular weight is 398 g/mol. The van der Waals surface area contributed by atoms with Crippen molar-refractivity contribution >= 4 is 38.1 Å². The third-order valence-corrected chi connectivity index (χ3v) is 4.96. The molecule has 0 bridgehead atoms. The van der Waals surface area contributed by atoms with Crippen LogP contribution in [-0.4, -0.2) is 39.3 Å². The number of benzene rings is 1. The fourth-order valence-electron chi connectivity index (χ4n) is 2.28. The number of esters is 1. The van der Waals surface area contributed by atoms with Gasteiger partial charge in [-0.3, -0.25) is 9.52 Å². The van der Waals surface area contributed by atoms with Gasteiger partial charge in [0, 0.05) is 29.6 Å². The van der Waals surface area contributed by atoms with E-state index in [0.717, 1.165) is 48.5 Å². The summed E-state index contributed by atoms with van der Waals surface area (Å²) in [5, 5.41) is 6.08. The lowest BCUT2D eigenvalue weighted by Gasteiger charge is -2.04. The molecule has 0 saturated heterocycles. The Morgan fingerprint density at radius 3 is 2.58 bits per heavy atom. The molecule has 9 heteroatoms. The Labute approximate surface area is 157 Å². The van der Waals surface area contributed by atoms with Crippen molar-refractivity contribution in [2.24, 2.45) is 0 Å². The van der Waals surface area contributed by atoms with E-state index in [0.29, 0.717) is 12.1 Å². The number of carbonyl (C=O) groups is 1. The summed E-state index contributed by atoms with van der Waals surface area (Å²) in [7, 11) is -1.87. The van der Waals surface area contributed by atoms with Crippen LogP contribution in [0.3, 0.4) is 0 Å². The van der Waals surface area contributed by atoms with Crippen LogP contribution in [0.25, 0.3) is 11.3 Å². The first-order valence-corrected chi connectivity index (χ1v) is 11.0. The van der Waals surface area contributed by atoms with Gasteiger partial charge in [0.25, 0.3) is 0 Å². The highest BCUT2D eigenvalue weighted by Gasteiger charge is 2.06. The van der Waals surface area contributed by atoms with Crippen molar-refractivity contribution in [3.8, 4) is 11.3 Å². The lowest BCUT2D eigenvalue weighted by molar-refractivity contribution is -0.140. The molecule has 0 spiro atoms. The second-order valence-corrected chi connectivity index (χ2v) is 8.41. The highest BCUT2D eigenvalue weighted by Crippen LogP contribution is 2.26. The molecule has 2 aromatic rings. The summed E-state index contributed by atoms with van der Waals surface area (Å²) in [6.07, 6.45) is 4.31. The maximum atomic E-state index is 11.2. The Balaban J connectivity index is 1.79. The van der Waals surface area contributed by atoms with Gasteiger partial charge < -0.3 is 10.1 Å². The first-order valence-electron chi connectivity index (χ1n) is 8.22. The van der Waals surface area contributed by atoms with Crippen LogP contribution >= 0.6 is 11.3 Å². The molecule has 7 nitrogen and oxygen atoms in total. The number of nitrogens with zero attached hydrogens (tertiary/aromatic N) is 1. The Kier molecular flexibility index (Phi) is 7.40. The molecular formula is C17H23N3O4S2. The number of hydrogen-bond acceptors (Lipinski definition) is 7. The van der Waals surface area contributed by atoms with E-state index in [1.165, 1.54) is 18.4 Å². The van der Waals surface area contributed by atoms with E-state index in [4.69, 9.17) is 0 Å². The Hall–Kier alpha value is -2.13. The summed E-state index contributed by atoms with van der Waals surface area (Å²) in [5.41, 5.74) is 2.29. The van der Waals surface area contributed by atoms with Crippen molar-refractivity contribution in [1.29, 1.82) is 0 Å². The molecule has 0 aliphatic heterocycles. The smallest absolute Gasteiger partial charge is 0.305 e. The minimum atomic E-state index is -3.27. The van der Waals surface area contributed by atoms with Gasteiger partial charge in [-0.25, -0.2) is 13.4 Å². The number of rotatable bonds is 10. The first-order chi connectivity index (χ1) is 12.4. The van der Waals surface area contributed by atoms with Gasteiger partial charge in [-0.05, 0) is 25.0 Å². The van der Waals surface area contributed by atoms with Crippen molar-refractivity contribution in [1.82, 2.24) is 4.98 Å². The predicted octanol–water partition coefficient (Wildman–Crippen LogP) is 3.33. The molecular weight excluding hydrogens is 374 g/mol. The van der Waals surface area contributed by atoms with Crippen LogP contribution in [0, 0.1) is 0 Å². The Morgan fingerprint density at radius 2 is 1.92 bits per heavy atom. The minimum Gasteiger partial charge on any atom is -0.469 e. The Bertz CT molecular complexity index is 817. The second kappa shape index (κ2) is 9.54. The third-order valence-electron chi connectivity index (χ3n) is 3.55. The van der Waals surface area contributed by atoms with E-state index in [9.17, 15) is 13.2 Å². The molecule has 142 valence electrons. The number of sulfonamides is 1. The van der Waals surface area contributed by atoms with Gasteiger partial charge in [0.2, 0.25) is 10.0 Å². The van der Waals surface area contributed by atoms with E-state index < -0.39 is 10.0 Å². The maximum absolute atomic E-state index is 11.2. The van der Waals surface area contributed by atoms with Crippen molar-refractivity contribution in [2.45, 2.75) is 25.7 Å². The Morgan fingerprint density at radius 1 is 1.19 bits per heavy atom. The van der Waals surface area contributed by atoms with E-state index in [-0.39, 0.29) is 5.97 Å². The number of nitrogens with one attached hydrogen (secondary N) is 2. The van der Waals surface area contributed by atoms with Crippen LogP contribution in [-0.2, 0) is 19.6 Å². The number of hydrogen-bond donors (Lipinski definition) is 2. The molecule has 2 N–H and O–H groups in total. The standard InChI is InChI=1S/C17H23N3O4S2/c1-24-16(21)6-4-3-5-11-18-17-19-15(12-25-17)13-7-9-14(10-8-13)20-26(2,22)23/h7-10,12,20H,3-6,11H2,1-2H3,(H,18,19). The van der Waals surface area contributed by atoms with E-state index in [2.05, 4.69) is 19.8 Å². The number of aromatic nitrogens is 1. The molecule has 0 aliphatic carbocycles. The first kappa shape index (κ1) is 20.2. The van der Waals surface area contributed by atoms with E-state index in [1.54, 1.807) is 12.1 Å². The average Bonchev–Trinajstić information content (AvgIpc) is 3.06. The van der Waals surface area contributed by atoms with Gasteiger partial charge in [-0.1, -0.05) is 18.6 Å².